The van der Waals surface area contributed by atoms with E-state index in [1.165, 1.54) is 12.1 Å². The number of halogens is 2. The normalized spacial score (nSPS) is 11.5. The first kappa shape index (κ1) is 20.7. The topological polar surface area (TPSA) is 70.2 Å². The van der Waals surface area contributed by atoms with Gasteiger partial charge in [-0.2, -0.15) is 0 Å². The van der Waals surface area contributed by atoms with Gasteiger partial charge in [-0.15, -0.1) is 0 Å². The number of benzene rings is 2. The average molecular weight is 392 g/mol. The molecule has 2 aromatic rings. The van der Waals surface area contributed by atoms with Crippen LogP contribution in [0.2, 0.25) is 5.02 Å². The van der Waals surface area contributed by atoms with E-state index in [0.29, 0.717) is 11.4 Å². The number of amides is 3. The fraction of sp³-hybridized carbons (Fsp3) is 0.300. The van der Waals surface area contributed by atoms with E-state index in [0.717, 1.165) is 17.5 Å². The lowest BCUT2D eigenvalue weighted by molar-refractivity contribution is -0.123. The molecule has 0 radical (unpaired) electrons. The number of hydrogen-bond donors (Lipinski definition) is 3. The average Bonchev–Trinajstić information content (AvgIpc) is 2.66. The summed E-state index contributed by atoms with van der Waals surface area (Å²) in [7, 11) is 0. The van der Waals surface area contributed by atoms with Gasteiger partial charge in [0.1, 0.15) is 11.9 Å². The van der Waals surface area contributed by atoms with Crippen molar-refractivity contribution >= 4 is 23.5 Å². The molecule has 0 aromatic heterocycles. The summed E-state index contributed by atoms with van der Waals surface area (Å²) in [5, 5.41) is 8.73. The van der Waals surface area contributed by atoms with Crippen molar-refractivity contribution in [3.63, 3.8) is 0 Å². The Morgan fingerprint density at radius 1 is 1.04 bits per heavy atom. The lowest BCUT2D eigenvalue weighted by atomic mass is 10.1. The molecule has 0 saturated heterocycles. The molecular weight excluding hydrogens is 369 g/mol. The van der Waals surface area contributed by atoms with E-state index in [2.05, 4.69) is 16.0 Å². The van der Waals surface area contributed by atoms with Gasteiger partial charge in [-0.25, -0.2) is 9.18 Å². The molecule has 0 aliphatic rings. The first-order chi connectivity index (χ1) is 13.0. The zero-order valence-corrected chi connectivity index (χ0v) is 15.9. The molecule has 2 rings (SSSR count). The van der Waals surface area contributed by atoms with Crippen LogP contribution in [0.1, 0.15) is 30.9 Å². The SMILES string of the molecule is CCCC(NC(=O)NCc1ccc(F)cc1)C(=O)NCc1ccccc1Cl. The maximum Gasteiger partial charge on any atom is 0.315 e. The molecule has 0 bridgehead atoms. The van der Waals surface area contributed by atoms with Crippen molar-refractivity contribution in [2.75, 3.05) is 0 Å². The van der Waals surface area contributed by atoms with Gasteiger partial charge in [-0.3, -0.25) is 4.79 Å². The number of carbonyl (C=O) groups excluding carboxylic acids is 2. The molecular formula is C20H23ClFN3O2. The third-order valence-corrected chi connectivity index (χ3v) is 4.35. The standard InChI is InChI=1S/C20H23ClFN3O2/c1-2-5-18(19(26)23-13-15-6-3-4-7-17(15)21)25-20(27)24-12-14-8-10-16(22)11-9-14/h3-4,6-11,18H,2,5,12-13H2,1H3,(H,23,26)(H2,24,25,27). The fourth-order valence-corrected chi connectivity index (χ4v) is 2.70. The molecule has 3 amide bonds. The van der Waals surface area contributed by atoms with E-state index in [-0.39, 0.29) is 24.8 Å². The van der Waals surface area contributed by atoms with Crippen molar-refractivity contribution in [2.45, 2.75) is 38.9 Å². The van der Waals surface area contributed by atoms with Crippen LogP contribution < -0.4 is 16.0 Å². The summed E-state index contributed by atoms with van der Waals surface area (Å²) in [4.78, 5) is 24.5. The summed E-state index contributed by atoms with van der Waals surface area (Å²) in [6.45, 7) is 2.47. The van der Waals surface area contributed by atoms with Gasteiger partial charge in [0, 0.05) is 18.1 Å². The van der Waals surface area contributed by atoms with E-state index < -0.39 is 12.1 Å². The van der Waals surface area contributed by atoms with Gasteiger partial charge in [0.2, 0.25) is 5.91 Å². The molecule has 7 heteroatoms. The molecule has 0 aliphatic carbocycles. The quantitative estimate of drug-likeness (QED) is 0.641. The lowest BCUT2D eigenvalue weighted by Crippen LogP contribution is -2.49. The molecule has 2 aromatic carbocycles. The van der Waals surface area contributed by atoms with E-state index in [1.807, 2.05) is 25.1 Å². The highest BCUT2D eigenvalue weighted by Crippen LogP contribution is 2.14. The van der Waals surface area contributed by atoms with E-state index in [4.69, 9.17) is 11.6 Å². The maximum atomic E-state index is 12.9. The highest BCUT2D eigenvalue weighted by atomic mass is 35.5. The van der Waals surface area contributed by atoms with Gasteiger partial charge in [0.25, 0.3) is 0 Å². The van der Waals surface area contributed by atoms with Crippen LogP contribution in [0.25, 0.3) is 0 Å². The van der Waals surface area contributed by atoms with Crippen molar-refractivity contribution in [1.29, 1.82) is 0 Å². The Labute approximate surface area is 163 Å². The van der Waals surface area contributed by atoms with Crippen molar-refractivity contribution in [2.24, 2.45) is 0 Å². The summed E-state index contributed by atoms with van der Waals surface area (Å²) in [6, 6.07) is 12.0. The zero-order chi connectivity index (χ0) is 19.6. The van der Waals surface area contributed by atoms with Gasteiger partial charge >= 0.3 is 6.03 Å². The van der Waals surface area contributed by atoms with Crippen LogP contribution in [-0.2, 0) is 17.9 Å². The molecule has 1 atom stereocenters. The Bertz CT molecular complexity index is 768. The van der Waals surface area contributed by atoms with Crippen molar-refractivity contribution in [3.05, 3.63) is 70.5 Å². The number of nitrogens with one attached hydrogen (secondary N) is 3. The van der Waals surface area contributed by atoms with E-state index >= 15 is 0 Å². The number of carbonyl (C=O) groups is 2. The molecule has 27 heavy (non-hydrogen) atoms. The molecule has 0 heterocycles. The van der Waals surface area contributed by atoms with E-state index in [1.54, 1.807) is 18.2 Å². The summed E-state index contributed by atoms with van der Waals surface area (Å²) in [5.41, 5.74) is 1.57. The third kappa shape index (κ3) is 6.90. The minimum Gasteiger partial charge on any atom is -0.350 e. The first-order valence-corrected chi connectivity index (χ1v) is 9.17. The molecule has 144 valence electrons. The highest BCUT2D eigenvalue weighted by molar-refractivity contribution is 6.31. The molecule has 0 spiro atoms. The number of urea groups is 1. The smallest absolute Gasteiger partial charge is 0.315 e. The number of rotatable bonds is 8. The largest absolute Gasteiger partial charge is 0.350 e. The minimum atomic E-state index is -0.647. The van der Waals surface area contributed by atoms with Gasteiger partial charge < -0.3 is 16.0 Å². The maximum absolute atomic E-state index is 12.9. The van der Waals surface area contributed by atoms with Crippen molar-refractivity contribution in [1.82, 2.24) is 16.0 Å². The molecule has 0 aliphatic heterocycles. The fourth-order valence-electron chi connectivity index (χ4n) is 2.50. The van der Waals surface area contributed by atoms with Crippen LogP contribution in [-0.4, -0.2) is 18.0 Å². The van der Waals surface area contributed by atoms with Crippen molar-refractivity contribution < 1.29 is 14.0 Å². The van der Waals surface area contributed by atoms with Gasteiger partial charge in [-0.1, -0.05) is 55.3 Å². The summed E-state index contributed by atoms with van der Waals surface area (Å²) in [5.74, 6) is -0.602. The predicted molar refractivity (Wildman–Crippen MR) is 104 cm³/mol. The Hall–Kier alpha value is -2.60. The summed E-state index contributed by atoms with van der Waals surface area (Å²) >= 11 is 6.09. The van der Waals surface area contributed by atoms with Gasteiger partial charge in [0.15, 0.2) is 0 Å². The van der Waals surface area contributed by atoms with Crippen LogP contribution >= 0.6 is 11.6 Å². The monoisotopic (exact) mass is 391 g/mol. The van der Waals surface area contributed by atoms with Crippen LogP contribution in [0.15, 0.2) is 48.5 Å². The third-order valence-electron chi connectivity index (χ3n) is 3.98. The number of hydrogen-bond acceptors (Lipinski definition) is 2. The highest BCUT2D eigenvalue weighted by Gasteiger charge is 2.19. The zero-order valence-electron chi connectivity index (χ0n) is 15.1. The van der Waals surface area contributed by atoms with Gasteiger partial charge in [0.05, 0.1) is 0 Å². The first-order valence-electron chi connectivity index (χ1n) is 8.79. The predicted octanol–water partition coefficient (Wildman–Crippen LogP) is 3.76. The Kier molecular flexibility index (Phi) is 8.07. The lowest BCUT2D eigenvalue weighted by Gasteiger charge is -2.18. The van der Waals surface area contributed by atoms with Gasteiger partial charge in [-0.05, 0) is 35.7 Å². The summed E-state index contributed by atoms with van der Waals surface area (Å²) in [6.07, 6.45) is 1.25. The Morgan fingerprint density at radius 3 is 2.41 bits per heavy atom. The second-order valence-corrected chi connectivity index (χ2v) is 6.51. The van der Waals surface area contributed by atoms with Crippen LogP contribution in [0.4, 0.5) is 9.18 Å². The van der Waals surface area contributed by atoms with Crippen LogP contribution in [0.3, 0.4) is 0 Å². The minimum absolute atomic E-state index is 0.242. The van der Waals surface area contributed by atoms with Crippen LogP contribution in [0.5, 0.6) is 0 Å². The molecule has 0 fully saturated rings. The summed E-state index contributed by atoms with van der Waals surface area (Å²) < 4.78 is 12.9. The second-order valence-electron chi connectivity index (χ2n) is 6.10. The van der Waals surface area contributed by atoms with Crippen LogP contribution in [0, 0.1) is 5.82 Å². The molecule has 3 N–H and O–H groups in total. The van der Waals surface area contributed by atoms with Crippen molar-refractivity contribution in [3.8, 4) is 0 Å². The molecule has 5 nitrogen and oxygen atoms in total. The second kappa shape index (κ2) is 10.5. The molecule has 1 unspecified atom stereocenters. The molecule has 0 saturated carbocycles. The van der Waals surface area contributed by atoms with E-state index in [9.17, 15) is 14.0 Å². The Balaban J connectivity index is 1.85. The Morgan fingerprint density at radius 2 is 1.74 bits per heavy atom.